The molecular formula is C25H25FN4. The van der Waals surface area contributed by atoms with Crippen LogP contribution in [0.25, 0.3) is 11.0 Å². The van der Waals surface area contributed by atoms with Gasteiger partial charge in [-0.1, -0.05) is 54.6 Å². The molecule has 0 amide bonds. The lowest BCUT2D eigenvalue weighted by molar-refractivity contribution is 0.241. The van der Waals surface area contributed by atoms with Crippen molar-refractivity contribution < 1.29 is 4.39 Å². The van der Waals surface area contributed by atoms with Gasteiger partial charge in [-0.2, -0.15) is 0 Å². The number of hydrogen-bond acceptors (Lipinski definition) is 3. The van der Waals surface area contributed by atoms with Gasteiger partial charge in [-0.25, -0.2) is 9.37 Å². The molecule has 152 valence electrons. The number of anilines is 1. The largest absolute Gasteiger partial charge is 0.367 e. The molecule has 0 aliphatic carbocycles. The van der Waals surface area contributed by atoms with Gasteiger partial charge in [0, 0.05) is 32.7 Å². The fourth-order valence-corrected chi connectivity index (χ4v) is 4.24. The molecule has 5 heteroatoms. The van der Waals surface area contributed by atoms with Crippen molar-refractivity contribution in [2.24, 2.45) is 0 Å². The van der Waals surface area contributed by atoms with E-state index in [9.17, 15) is 4.39 Å². The van der Waals surface area contributed by atoms with E-state index < -0.39 is 0 Å². The van der Waals surface area contributed by atoms with E-state index >= 15 is 0 Å². The third-order valence-electron chi connectivity index (χ3n) is 5.85. The van der Waals surface area contributed by atoms with Gasteiger partial charge in [-0.15, -0.1) is 0 Å². The summed E-state index contributed by atoms with van der Waals surface area (Å²) in [6.45, 7) is 5.03. The molecule has 2 heterocycles. The maximum Gasteiger partial charge on any atom is 0.146 e. The summed E-state index contributed by atoms with van der Waals surface area (Å²) in [5, 5.41) is 0. The van der Waals surface area contributed by atoms with Crippen LogP contribution in [0.3, 0.4) is 0 Å². The van der Waals surface area contributed by atoms with Gasteiger partial charge in [0.1, 0.15) is 11.6 Å². The van der Waals surface area contributed by atoms with Gasteiger partial charge in [-0.05, 0) is 29.8 Å². The quantitative estimate of drug-likeness (QED) is 0.491. The molecular weight excluding hydrogens is 375 g/mol. The zero-order valence-electron chi connectivity index (χ0n) is 16.9. The molecule has 5 rings (SSSR count). The second kappa shape index (κ2) is 8.28. The summed E-state index contributed by atoms with van der Waals surface area (Å²) >= 11 is 0. The minimum atomic E-state index is -0.143. The van der Waals surface area contributed by atoms with E-state index in [2.05, 4.69) is 56.8 Å². The number of rotatable bonds is 5. The predicted octanol–water partition coefficient (Wildman–Crippen LogP) is 4.55. The van der Waals surface area contributed by atoms with E-state index in [4.69, 9.17) is 4.98 Å². The zero-order valence-corrected chi connectivity index (χ0v) is 16.9. The number of piperazine rings is 1. The van der Waals surface area contributed by atoms with Crippen molar-refractivity contribution in [3.05, 3.63) is 96.1 Å². The van der Waals surface area contributed by atoms with E-state index in [0.29, 0.717) is 5.69 Å². The molecule has 0 atom stereocenters. The Morgan fingerprint density at radius 2 is 1.43 bits per heavy atom. The average Bonchev–Trinajstić information content (AvgIpc) is 3.12. The summed E-state index contributed by atoms with van der Waals surface area (Å²) in [5.74, 6) is 0.940. The molecule has 0 bridgehead atoms. The lowest BCUT2D eigenvalue weighted by Crippen LogP contribution is -2.46. The number of aromatic nitrogens is 2. The van der Waals surface area contributed by atoms with Crippen molar-refractivity contribution in [3.63, 3.8) is 0 Å². The highest BCUT2D eigenvalue weighted by Crippen LogP contribution is 2.22. The first kappa shape index (κ1) is 18.8. The van der Waals surface area contributed by atoms with Crippen molar-refractivity contribution in [1.82, 2.24) is 14.5 Å². The second-order valence-corrected chi connectivity index (χ2v) is 7.80. The molecule has 4 nitrogen and oxygen atoms in total. The predicted molar refractivity (Wildman–Crippen MR) is 119 cm³/mol. The molecule has 30 heavy (non-hydrogen) atoms. The van der Waals surface area contributed by atoms with Gasteiger partial charge in [0.25, 0.3) is 0 Å². The number of benzene rings is 3. The van der Waals surface area contributed by atoms with Crippen LogP contribution >= 0.6 is 0 Å². The number of fused-ring (bicyclic) bond motifs is 1. The average molecular weight is 401 g/mol. The van der Waals surface area contributed by atoms with Crippen LogP contribution in [0.5, 0.6) is 0 Å². The van der Waals surface area contributed by atoms with E-state index in [1.807, 2.05) is 24.3 Å². The number of hydrogen-bond donors (Lipinski definition) is 0. The summed E-state index contributed by atoms with van der Waals surface area (Å²) in [6.07, 6.45) is 0. The molecule has 1 aliphatic heterocycles. The lowest BCUT2D eigenvalue weighted by atomic mass is 10.2. The van der Waals surface area contributed by atoms with E-state index in [1.165, 1.54) is 17.1 Å². The molecule has 0 spiro atoms. The highest BCUT2D eigenvalue weighted by atomic mass is 19.1. The third-order valence-corrected chi connectivity index (χ3v) is 5.85. The van der Waals surface area contributed by atoms with Crippen LogP contribution in [0, 0.1) is 5.82 Å². The molecule has 3 aromatic carbocycles. The molecule has 1 fully saturated rings. The Hall–Kier alpha value is -3.18. The Balaban J connectivity index is 1.34. The second-order valence-electron chi connectivity index (χ2n) is 7.80. The highest BCUT2D eigenvalue weighted by Gasteiger charge is 2.21. The molecule has 0 saturated carbocycles. The first-order valence-corrected chi connectivity index (χ1v) is 10.5. The van der Waals surface area contributed by atoms with Crippen molar-refractivity contribution in [2.75, 3.05) is 31.1 Å². The maximum absolute atomic E-state index is 14.1. The van der Waals surface area contributed by atoms with E-state index in [1.54, 1.807) is 6.07 Å². The van der Waals surface area contributed by atoms with Crippen molar-refractivity contribution in [2.45, 2.75) is 13.1 Å². The first-order chi connectivity index (χ1) is 14.8. The topological polar surface area (TPSA) is 24.3 Å². The van der Waals surface area contributed by atoms with Crippen LogP contribution in [-0.2, 0) is 13.1 Å². The lowest BCUT2D eigenvalue weighted by Gasteiger charge is -2.36. The minimum Gasteiger partial charge on any atom is -0.367 e. The fourth-order valence-electron chi connectivity index (χ4n) is 4.24. The van der Waals surface area contributed by atoms with Crippen LogP contribution in [0.2, 0.25) is 0 Å². The number of imidazole rings is 1. The van der Waals surface area contributed by atoms with E-state index in [-0.39, 0.29) is 5.82 Å². The summed E-state index contributed by atoms with van der Waals surface area (Å²) in [5.41, 5.74) is 4.18. The number of halogens is 1. The van der Waals surface area contributed by atoms with Crippen molar-refractivity contribution in [1.29, 1.82) is 0 Å². The van der Waals surface area contributed by atoms with Gasteiger partial charge < -0.3 is 9.47 Å². The molecule has 0 unspecified atom stereocenters. The normalized spacial score (nSPS) is 15.0. The monoisotopic (exact) mass is 400 g/mol. The van der Waals surface area contributed by atoms with Gasteiger partial charge >= 0.3 is 0 Å². The Morgan fingerprint density at radius 3 is 2.23 bits per heavy atom. The zero-order chi connectivity index (χ0) is 20.3. The van der Waals surface area contributed by atoms with Gasteiger partial charge in [0.15, 0.2) is 0 Å². The van der Waals surface area contributed by atoms with E-state index in [0.717, 1.165) is 50.6 Å². The molecule has 1 aromatic heterocycles. The maximum atomic E-state index is 14.1. The summed E-state index contributed by atoms with van der Waals surface area (Å²) in [4.78, 5) is 9.50. The Labute approximate surface area is 176 Å². The standard InChI is InChI=1S/C25H25FN4/c26-21-10-4-6-12-23(21)29-16-14-28(15-17-29)19-25-27-22-11-5-7-13-24(22)30(25)18-20-8-2-1-3-9-20/h1-13H,14-19H2. The Morgan fingerprint density at radius 1 is 0.733 bits per heavy atom. The smallest absolute Gasteiger partial charge is 0.146 e. The number of nitrogens with zero attached hydrogens (tertiary/aromatic N) is 4. The summed E-state index contributed by atoms with van der Waals surface area (Å²) in [7, 11) is 0. The highest BCUT2D eigenvalue weighted by molar-refractivity contribution is 5.76. The molecule has 1 aliphatic rings. The van der Waals surface area contributed by atoms with Crippen LogP contribution in [0.1, 0.15) is 11.4 Å². The summed E-state index contributed by atoms with van der Waals surface area (Å²) < 4.78 is 16.5. The molecule has 0 radical (unpaired) electrons. The van der Waals surface area contributed by atoms with Gasteiger partial charge in [-0.3, -0.25) is 4.90 Å². The van der Waals surface area contributed by atoms with Crippen LogP contribution in [0.15, 0.2) is 78.9 Å². The molecule has 4 aromatic rings. The third kappa shape index (κ3) is 3.81. The first-order valence-electron chi connectivity index (χ1n) is 10.5. The fraction of sp³-hybridized carbons (Fsp3) is 0.240. The molecule has 1 saturated heterocycles. The summed E-state index contributed by atoms with van der Waals surface area (Å²) in [6, 6.07) is 25.9. The van der Waals surface area contributed by atoms with Crippen LogP contribution in [-0.4, -0.2) is 40.6 Å². The van der Waals surface area contributed by atoms with Crippen molar-refractivity contribution in [3.8, 4) is 0 Å². The number of para-hydroxylation sites is 3. The SMILES string of the molecule is Fc1ccccc1N1CCN(Cc2nc3ccccc3n2Cc2ccccc2)CC1. The molecule has 0 N–H and O–H groups in total. The van der Waals surface area contributed by atoms with Crippen LogP contribution < -0.4 is 4.90 Å². The minimum absolute atomic E-state index is 0.143. The van der Waals surface area contributed by atoms with Crippen molar-refractivity contribution >= 4 is 16.7 Å². The van der Waals surface area contributed by atoms with Gasteiger partial charge in [0.2, 0.25) is 0 Å². The van der Waals surface area contributed by atoms with Crippen LogP contribution in [0.4, 0.5) is 10.1 Å². The Bertz CT molecular complexity index is 1130. The van der Waals surface area contributed by atoms with Gasteiger partial charge in [0.05, 0.1) is 23.3 Å². The Kier molecular flexibility index (Phi) is 5.20.